The summed E-state index contributed by atoms with van der Waals surface area (Å²) in [5.74, 6) is 1.13. The van der Waals surface area contributed by atoms with Crippen LogP contribution in [0.1, 0.15) is 25.8 Å². The van der Waals surface area contributed by atoms with E-state index in [4.69, 9.17) is 32.7 Å². The Morgan fingerprint density at radius 3 is 2.23 bits per heavy atom. The standard InChI is InChI=1S/C25H26Cl2N2O5S/c1-3-33-23-13-5-17(15-24(23)34-4-2)6-14-25(30)28-19-8-10-20(11-9-19)35(31,32)29-22-12-7-18(26)16-21(22)27/h5,7-13,15-16,29H,3-4,6,14H2,1-2H3,(H,28,30). The molecule has 3 rings (SSSR count). The van der Waals surface area contributed by atoms with E-state index in [1.165, 1.54) is 42.5 Å². The summed E-state index contributed by atoms with van der Waals surface area (Å²) in [4.78, 5) is 12.5. The van der Waals surface area contributed by atoms with Crippen molar-refractivity contribution < 1.29 is 22.7 Å². The normalized spacial score (nSPS) is 11.1. The second-order valence-electron chi connectivity index (χ2n) is 7.45. The van der Waals surface area contributed by atoms with Gasteiger partial charge in [-0.3, -0.25) is 9.52 Å². The van der Waals surface area contributed by atoms with Crippen molar-refractivity contribution in [2.45, 2.75) is 31.6 Å². The van der Waals surface area contributed by atoms with Crippen LogP contribution in [-0.4, -0.2) is 27.5 Å². The SMILES string of the molecule is CCOc1ccc(CCC(=O)Nc2ccc(S(=O)(=O)Nc3ccc(Cl)cc3Cl)cc2)cc1OCC. The van der Waals surface area contributed by atoms with Crippen LogP contribution < -0.4 is 19.5 Å². The summed E-state index contributed by atoms with van der Waals surface area (Å²) < 4.78 is 38.9. The molecule has 7 nitrogen and oxygen atoms in total. The highest BCUT2D eigenvalue weighted by Crippen LogP contribution is 2.30. The van der Waals surface area contributed by atoms with Crippen molar-refractivity contribution in [1.29, 1.82) is 0 Å². The molecule has 10 heteroatoms. The first-order chi connectivity index (χ1) is 16.7. The molecule has 2 N–H and O–H groups in total. The molecule has 3 aromatic carbocycles. The summed E-state index contributed by atoms with van der Waals surface area (Å²) in [6.45, 7) is 4.85. The lowest BCUT2D eigenvalue weighted by molar-refractivity contribution is -0.116. The van der Waals surface area contributed by atoms with E-state index in [1.54, 1.807) is 0 Å². The maximum atomic E-state index is 12.7. The number of aryl methyl sites for hydroxylation is 1. The van der Waals surface area contributed by atoms with Gasteiger partial charge in [0.1, 0.15) is 0 Å². The molecule has 0 aromatic heterocycles. The molecule has 0 atom stereocenters. The zero-order chi connectivity index (χ0) is 25.4. The maximum absolute atomic E-state index is 12.7. The Balaban J connectivity index is 1.59. The number of hydrogen-bond donors (Lipinski definition) is 2. The van der Waals surface area contributed by atoms with Crippen LogP contribution in [0.5, 0.6) is 11.5 Å². The minimum absolute atomic E-state index is 0.0272. The average molecular weight is 537 g/mol. The van der Waals surface area contributed by atoms with Gasteiger partial charge in [0.25, 0.3) is 10.0 Å². The number of anilines is 2. The maximum Gasteiger partial charge on any atom is 0.261 e. The molecule has 1 amide bonds. The quantitative estimate of drug-likeness (QED) is 0.306. The molecule has 0 bridgehead atoms. The molecule has 0 heterocycles. The summed E-state index contributed by atoms with van der Waals surface area (Å²) >= 11 is 11.9. The lowest BCUT2D eigenvalue weighted by Gasteiger charge is -2.12. The Morgan fingerprint density at radius 1 is 0.886 bits per heavy atom. The molecular formula is C25H26Cl2N2O5S. The summed E-state index contributed by atoms with van der Waals surface area (Å²) in [6, 6.07) is 16.0. The molecule has 0 aliphatic carbocycles. The molecule has 0 unspecified atom stereocenters. The third kappa shape index (κ3) is 7.52. The molecule has 35 heavy (non-hydrogen) atoms. The van der Waals surface area contributed by atoms with Gasteiger partial charge in [-0.1, -0.05) is 29.3 Å². The van der Waals surface area contributed by atoms with E-state index in [1.807, 2.05) is 32.0 Å². The highest BCUT2D eigenvalue weighted by Gasteiger charge is 2.16. The van der Waals surface area contributed by atoms with Gasteiger partial charge in [0.2, 0.25) is 5.91 Å². The van der Waals surface area contributed by atoms with Gasteiger partial charge in [-0.05, 0) is 80.4 Å². The Hall–Kier alpha value is -2.94. The van der Waals surface area contributed by atoms with Crippen molar-refractivity contribution >= 4 is 50.5 Å². The number of hydrogen-bond acceptors (Lipinski definition) is 5. The topological polar surface area (TPSA) is 93.7 Å². The second kappa shape index (κ2) is 12.2. The van der Waals surface area contributed by atoms with Gasteiger partial charge in [-0.2, -0.15) is 0 Å². The summed E-state index contributed by atoms with van der Waals surface area (Å²) in [6.07, 6.45) is 0.757. The van der Waals surface area contributed by atoms with Crippen LogP contribution in [0.3, 0.4) is 0 Å². The van der Waals surface area contributed by atoms with Gasteiger partial charge < -0.3 is 14.8 Å². The monoisotopic (exact) mass is 536 g/mol. The zero-order valence-corrected chi connectivity index (χ0v) is 21.6. The molecule has 0 saturated heterocycles. The minimum atomic E-state index is -3.87. The molecule has 0 radical (unpaired) electrons. The molecular weight excluding hydrogens is 511 g/mol. The predicted octanol–water partition coefficient (Wildman–Crippen LogP) is 6.16. The molecule has 3 aromatic rings. The van der Waals surface area contributed by atoms with Gasteiger partial charge in [-0.25, -0.2) is 8.42 Å². The number of rotatable bonds is 11. The van der Waals surface area contributed by atoms with Crippen LogP contribution in [0.25, 0.3) is 0 Å². The number of carbonyl (C=O) groups excluding carboxylic acids is 1. The van der Waals surface area contributed by atoms with Gasteiger partial charge in [-0.15, -0.1) is 0 Å². The Kier molecular flexibility index (Phi) is 9.26. The van der Waals surface area contributed by atoms with Crippen LogP contribution in [-0.2, 0) is 21.2 Å². The van der Waals surface area contributed by atoms with Crippen molar-refractivity contribution in [2.75, 3.05) is 23.3 Å². The van der Waals surface area contributed by atoms with Gasteiger partial charge >= 0.3 is 0 Å². The van der Waals surface area contributed by atoms with Crippen molar-refractivity contribution in [3.8, 4) is 11.5 Å². The van der Waals surface area contributed by atoms with Crippen molar-refractivity contribution in [2.24, 2.45) is 0 Å². The number of benzene rings is 3. The van der Waals surface area contributed by atoms with Crippen LogP contribution in [0, 0.1) is 0 Å². The molecule has 0 saturated carbocycles. The van der Waals surface area contributed by atoms with Gasteiger partial charge in [0.05, 0.1) is 28.8 Å². The number of ether oxygens (including phenoxy) is 2. The van der Waals surface area contributed by atoms with Crippen molar-refractivity contribution in [1.82, 2.24) is 0 Å². The fourth-order valence-corrected chi connectivity index (χ4v) is 4.82. The Bertz CT molecular complexity index is 1280. The number of carbonyl (C=O) groups is 1. The Morgan fingerprint density at radius 2 is 1.57 bits per heavy atom. The minimum Gasteiger partial charge on any atom is -0.490 e. The fraction of sp³-hybridized carbons (Fsp3) is 0.240. The highest BCUT2D eigenvalue weighted by molar-refractivity contribution is 7.92. The largest absolute Gasteiger partial charge is 0.490 e. The van der Waals surface area contributed by atoms with Gasteiger partial charge in [0, 0.05) is 17.1 Å². The smallest absolute Gasteiger partial charge is 0.261 e. The second-order valence-corrected chi connectivity index (χ2v) is 9.98. The summed E-state index contributed by atoms with van der Waals surface area (Å²) in [7, 11) is -3.87. The van der Waals surface area contributed by atoms with E-state index in [0.29, 0.717) is 41.8 Å². The molecule has 186 valence electrons. The predicted molar refractivity (Wildman–Crippen MR) is 139 cm³/mol. The van der Waals surface area contributed by atoms with E-state index < -0.39 is 10.0 Å². The lowest BCUT2D eigenvalue weighted by atomic mass is 10.1. The average Bonchev–Trinajstić information content (AvgIpc) is 2.82. The van der Waals surface area contributed by atoms with E-state index in [-0.39, 0.29) is 27.9 Å². The number of nitrogens with one attached hydrogen (secondary N) is 2. The van der Waals surface area contributed by atoms with Crippen LogP contribution in [0.2, 0.25) is 10.0 Å². The first-order valence-electron chi connectivity index (χ1n) is 11.0. The summed E-state index contributed by atoms with van der Waals surface area (Å²) in [5.41, 5.74) is 1.65. The highest BCUT2D eigenvalue weighted by atomic mass is 35.5. The lowest BCUT2D eigenvalue weighted by Crippen LogP contribution is -2.14. The Labute approximate surface area is 215 Å². The van der Waals surface area contributed by atoms with E-state index >= 15 is 0 Å². The molecule has 0 aliphatic rings. The molecule has 0 aliphatic heterocycles. The third-order valence-corrected chi connectivity index (χ3v) is 6.80. The van der Waals surface area contributed by atoms with Crippen molar-refractivity contribution in [3.63, 3.8) is 0 Å². The van der Waals surface area contributed by atoms with Crippen LogP contribution >= 0.6 is 23.2 Å². The number of halogens is 2. The van der Waals surface area contributed by atoms with E-state index in [0.717, 1.165) is 5.56 Å². The molecule has 0 spiro atoms. The number of amides is 1. The van der Waals surface area contributed by atoms with Crippen molar-refractivity contribution in [3.05, 3.63) is 76.3 Å². The fourth-order valence-electron chi connectivity index (χ4n) is 3.23. The first kappa shape index (κ1) is 26.7. The van der Waals surface area contributed by atoms with Crippen LogP contribution in [0.4, 0.5) is 11.4 Å². The number of sulfonamides is 1. The van der Waals surface area contributed by atoms with Gasteiger partial charge in [0.15, 0.2) is 11.5 Å². The first-order valence-corrected chi connectivity index (χ1v) is 13.2. The van der Waals surface area contributed by atoms with E-state index in [9.17, 15) is 13.2 Å². The van der Waals surface area contributed by atoms with E-state index in [2.05, 4.69) is 10.0 Å². The third-order valence-electron chi connectivity index (χ3n) is 4.87. The molecule has 0 fully saturated rings. The zero-order valence-electron chi connectivity index (χ0n) is 19.3. The summed E-state index contributed by atoms with van der Waals surface area (Å²) in [5, 5.41) is 3.37. The van der Waals surface area contributed by atoms with Crippen LogP contribution in [0.15, 0.2) is 65.6 Å².